The van der Waals surface area contributed by atoms with Gasteiger partial charge in [-0.1, -0.05) is 12.1 Å². The Morgan fingerprint density at radius 3 is 3.14 bits per heavy atom. The van der Waals surface area contributed by atoms with Gasteiger partial charge in [-0.15, -0.1) is 0 Å². The first-order chi connectivity index (χ1) is 10.7. The van der Waals surface area contributed by atoms with Gasteiger partial charge in [0.25, 0.3) is 0 Å². The van der Waals surface area contributed by atoms with Crippen LogP contribution < -0.4 is 4.74 Å². The number of rotatable bonds is 0. The lowest BCUT2D eigenvalue weighted by atomic mass is 9.51. The fourth-order valence-corrected chi connectivity index (χ4v) is 5.61. The highest BCUT2D eigenvalue weighted by atomic mass is 16.5. The van der Waals surface area contributed by atoms with Crippen LogP contribution in [0.2, 0.25) is 0 Å². The number of benzene rings is 1. The van der Waals surface area contributed by atoms with Gasteiger partial charge < -0.3 is 9.64 Å². The van der Waals surface area contributed by atoms with E-state index in [1.807, 2.05) is 6.07 Å². The normalized spacial score (nSPS) is 38.2. The van der Waals surface area contributed by atoms with Crippen LogP contribution in [0.4, 0.5) is 5.69 Å². The van der Waals surface area contributed by atoms with Crippen LogP contribution in [0.25, 0.3) is 4.85 Å². The summed E-state index contributed by atoms with van der Waals surface area (Å²) in [5.74, 6) is 1.45. The van der Waals surface area contributed by atoms with Gasteiger partial charge in [-0.3, -0.25) is 4.79 Å². The minimum Gasteiger partial charge on any atom is -0.492 e. The molecule has 4 aliphatic rings. The zero-order chi connectivity index (χ0) is 15.1. The first-order valence-electron chi connectivity index (χ1n) is 8.10. The highest BCUT2D eigenvalue weighted by molar-refractivity contribution is 5.89. The van der Waals surface area contributed by atoms with Crippen molar-refractivity contribution in [1.82, 2.24) is 4.90 Å². The number of likely N-dealkylation sites (tertiary alicyclic amines) is 1. The third kappa shape index (κ3) is 1.22. The summed E-state index contributed by atoms with van der Waals surface area (Å²) in [7, 11) is 2.21. The summed E-state index contributed by atoms with van der Waals surface area (Å²) in [6.45, 7) is 8.43. The summed E-state index contributed by atoms with van der Waals surface area (Å²) in [4.78, 5) is 18.7. The van der Waals surface area contributed by atoms with Crippen LogP contribution in [-0.4, -0.2) is 36.4 Å². The molecule has 0 radical (unpaired) electrons. The van der Waals surface area contributed by atoms with Crippen molar-refractivity contribution in [2.75, 3.05) is 13.6 Å². The quantitative estimate of drug-likeness (QED) is 0.689. The van der Waals surface area contributed by atoms with E-state index in [9.17, 15) is 4.79 Å². The molecule has 1 aromatic carbocycles. The van der Waals surface area contributed by atoms with Crippen LogP contribution in [0, 0.1) is 12.5 Å². The molecule has 0 amide bonds. The molecular weight excluding hydrogens is 276 g/mol. The zero-order valence-corrected chi connectivity index (χ0v) is 12.6. The van der Waals surface area contributed by atoms with Crippen LogP contribution in [0.15, 0.2) is 12.1 Å². The Morgan fingerprint density at radius 2 is 2.32 bits per heavy atom. The van der Waals surface area contributed by atoms with Gasteiger partial charge in [0.15, 0.2) is 11.9 Å². The molecule has 0 N–H and O–H groups in total. The molecule has 2 aliphatic heterocycles. The van der Waals surface area contributed by atoms with E-state index in [0.29, 0.717) is 24.1 Å². The van der Waals surface area contributed by atoms with Crippen molar-refractivity contribution in [2.24, 2.45) is 5.92 Å². The molecule has 22 heavy (non-hydrogen) atoms. The number of Topliss-reactive ketones (excluding diaryl/α,β-unsaturated/α-hetero) is 1. The van der Waals surface area contributed by atoms with E-state index in [0.717, 1.165) is 31.6 Å². The largest absolute Gasteiger partial charge is 0.492 e. The van der Waals surface area contributed by atoms with E-state index in [1.165, 1.54) is 11.1 Å². The minimum absolute atomic E-state index is 0.157. The highest BCUT2D eigenvalue weighted by Gasteiger charge is 2.65. The molecule has 1 spiro atoms. The lowest BCUT2D eigenvalue weighted by Gasteiger charge is -2.57. The van der Waals surface area contributed by atoms with Gasteiger partial charge in [-0.25, -0.2) is 4.85 Å². The van der Waals surface area contributed by atoms with E-state index in [1.54, 1.807) is 0 Å². The smallest absolute Gasteiger partial charge is 0.228 e. The molecule has 112 valence electrons. The Balaban J connectivity index is 1.84. The number of carbonyl (C=O) groups excluding carboxylic acids is 1. The Kier molecular flexibility index (Phi) is 2.25. The summed E-state index contributed by atoms with van der Waals surface area (Å²) < 4.78 is 6.17. The second kappa shape index (κ2) is 3.91. The van der Waals surface area contributed by atoms with Crippen LogP contribution in [-0.2, 0) is 16.6 Å². The summed E-state index contributed by atoms with van der Waals surface area (Å²) in [6, 6.07) is 4.47. The molecule has 4 atom stereocenters. The van der Waals surface area contributed by atoms with Crippen LogP contribution in [0.3, 0.4) is 0 Å². The Bertz CT molecular complexity index is 750. The molecule has 1 aromatic rings. The van der Waals surface area contributed by atoms with Crippen LogP contribution in [0.1, 0.15) is 30.4 Å². The molecule has 4 heteroatoms. The van der Waals surface area contributed by atoms with Crippen molar-refractivity contribution in [3.63, 3.8) is 0 Å². The van der Waals surface area contributed by atoms with E-state index in [-0.39, 0.29) is 17.3 Å². The average molecular weight is 294 g/mol. The molecule has 5 rings (SSSR count). The van der Waals surface area contributed by atoms with E-state index in [2.05, 4.69) is 22.9 Å². The molecule has 2 heterocycles. The van der Waals surface area contributed by atoms with E-state index < -0.39 is 0 Å². The maximum atomic E-state index is 12.6. The summed E-state index contributed by atoms with van der Waals surface area (Å²) in [5, 5.41) is 0. The molecule has 2 fully saturated rings. The van der Waals surface area contributed by atoms with Crippen molar-refractivity contribution in [2.45, 2.75) is 43.2 Å². The molecule has 1 saturated carbocycles. The number of piperidine rings is 1. The zero-order valence-electron chi connectivity index (χ0n) is 12.6. The van der Waals surface area contributed by atoms with Gasteiger partial charge in [0.1, 0.15) is 5.75 Å². The molecule has 1 saturated heterocycles. The molecule has 2 bridgehead atoms. The molecule has 2 aliphatic carbocycles. The maximum Gasteiger partial charge on any atom is 0.228 e. The van der Waals surface area contributed by atoms with Crippen molar-refractivity contribution in [3.8, 4) is 5.75 Å². The van der Waals surface area contributed by atoms with Crippen LogP contribution in [0.5, 0.6) is 5.75 Å². The lowest BCUT2D eigenvalue weighted by Crippen LogP contribution is -2.65. The number of carbonyl (C=O) groups is 1. The molecule has 1 unspecified atom stereocenters. The monoisotopic (exact) mass is 294 g/mol. The second-order valence-electron chi connectivity index (χ2n) is 7.21. The summed E-state index contributed by atoms with van der Waals surface area (Å²) in [6.07, 6.45) is 3.24. The first-order valence-corrected chi connectivity index (χ1v) is 8.10. The van der Waals surface area contributed by atoms with Crippen molar-refractivity contribution < 1.29 is 9.53 Å². The Hall–Kier alpha value is -1.86. The number of hydrogen-bond acceptors (Lipinski definition) is 3. The SMILES string of the molecule is [C-]#[N+]c1ccc2c3c1OC1C(=O)CC[C@H]4[C@@H](C2)N(C)CC[C@]314. The van der Waals surface area contributed by atoms with Gasteiger partial charge in [0.2, 0.25) is 5.69 Å². The second-order valence-corrected chi connectivity index (χ2v) is 7.21. The Morgan fingerprint density at radius 1 is 1.45 bits per heavy atom. The molecule has 0 aromatic heterocycles. The van der Waals surface area contributed by atoms with Gasteiger partial charge in [-0.2, -0.15) is 0 Å². The third-order valence-electron chi connectivity index (χ3n) is 6.51. The van der Waals surface area contributed by atoms with Crippen molar-refractivity contribution in [1.29, 1.82) is 0 Å². The van der Waals surface area contributed by atoms with Gasteiger partial charge >= 0.3 is 0 Å². The van der Waals surface area contributed by atoms with Crippen molar-refractivity contribution >= 4 is 11.5 Å². The first kappa shape index (κ1) is 12.7. The Labute approximate surface area is 129 Å². The number of hydrogen-bond donors (Lipinski definition) is 0. The maximum absolute atomic E-state index is 12.6. The standard InChI is InChI=1S/C18H18N2O2/c1-19-12-5-3-10-9-13-11-4-6-14(21)17-18(11,7-8-20(13)2)15(10)16(12)22-17/h3,5,11,13,17H,4,6-9H2,2H3/t11-,13+,17?,18-/m0/s1. The lowest BCUT2D eigenvalue weighted by molar-refractivity contribution is -0.138. The predicted octanol–water partition coefficient (Wildman–Crippen LogP) is 2.48. The minimum atomic E-state index is -0.348. The van der Waals surface area contributed by atoms with E-state index in [4.69, 9.17) is 11.3 Å². The molecule has 4 nitrogen and oxygen atoms in total. The third-order valence-corrected chi connectivity index (χ3v) is 6.51. The highest BCUT2D eigenvalue weighted by Crippen LogP contribution is 2.63. The topological polar surface area (TPSA) is 33.9 Å². The molecular formula is C18H18N2O2. The van der Waals surface area contributed by atoms with Gasteiger partial charge in [0.05, 0.1) is 6.57 Å². The van der Waals surface area contributed by atoms with Crippen LogP contribution >= 0.6 is 0 Å². The van der Waals surface area contributed by atoms with Gasteiger partial charge in [0, 0.05) is 17.9 Å². The predicted molar refractivity (Wildman–Crippen MR) is 81.3 cm³/mol. The fourth-order valence-electron chi connectivity index (χ4n) is 5.61. The number of likely N-dealkylation sites (N-methyl/N-ethyl adjacent to an activating group) is 1. The number of ether oxygens (including phenoxy) is 1. The van der Waals surface area contributed by atoms with E-state index >= 15 is 0 Å². The fraction of sp³-hybridized carbons (Fsp3) is 0.556. The number of ketones is 1. The van der Waals surface area contributed by atoms with Gasteiger partial charge in [-0.05, 0) is 49.9 Å². The number of nitrogens with zero attached hydrogens (tertiary/aromatic N) is 2. The summed E-state index contributed by atoms with van der Waals surface area (Å²) >= 11 is 0. The van der Waals surface area contributed by atoms with Crippen molar-refractivity contribution in [3.05, 3.63) is 34.7 Å². The summed E-state index contributed by atoms with van der Waals surface area (Å²) in [5.41, 5.74) is 2.93. The average Bonchev–Trinajstić information content (AvgIpc) is 2.88.